The molecule has 0 unspecified atom stereocenters. The molecule has 0 bridgehead atoms. The van der Waals surface area contributed by atoms with Crippen molar-refractivity contribution in [3.63, 3.8) is 0 Å². The number of phenolic OH excluding ortho intramolecular Hbond substituents is 1. The highest BCUT2D eigenvalue weighted by atomic mass is 16.3. The molecule has 0 amide bonds. The van der Waals surface area contributed by atoms with Gasteiger partial charge in [-0.3, -0.25) is 0 Å². The van der Waals surface area contributed by atoms with Crippen LogP contribution in [0.4, 0.5) is 11.9 Å². The summed E-state index contributed by atoms with van der Waals surface area (Å²) in [7, 11) is 0. The zero-order chi connectivity index (χ0) is 16.1. The maximum Gasteiger partial charge on any atom is 0.228 e. The third-order valence-electron chi connectivity index (χ3n) is 3.34. The summed E-state index contributed by atoms with van der Waals surface area (Å²) in [5.74, 6) is 0.957. The quantitative estimate of drug-likeness (QED) is 0.670. The van der Waals surface area contributed by atoms with E-state index in [0.29, 0.717) is 23.9 Å². The molecule has 0 aliphatic heterocycles. The first-order valence-electron chi connectivity index (χ1n) is 7.30. The Labute approximate surface area is 134 Å². The lowest BCUT2D eigenvalue weighted by Gasteiger charge is -2.08. The molecule has 0 spiro atoms. The molecule has 1 heterocycles. The minimum atomic E-state index is 0.105. The fourth-order valence-electron chi connectivity index (χ4n) is 2.22. The Morgan fingerprint density at radius 3 is 2.43 bits per heavy atom. The number of para-hydroxylation sites is 1. The summed E-state index contributed by atoms with van der Waals surface area (Å²) in [6.07, 6.45) is 0.846. The number of aromatic nitrogens is 3. The summed E-state index contributed by atoms with van der Waals surface area (Å²) in [5, 5.41) is 13.0. The van der Waals surface area contributed by atoms with Gasteiger partial charge in [-0.15, -0.1) is 0 Å². The van der Waals surface area contributed by atoms with Crippen LogP contribution in [-0.2, 0) is 6.42 Å². The van der Waals surface area contributed by atoms with Crippen LogP contribution in [0.5, 0.6) is 5.75 Å². The summed E-state index contributed by atoms with van der Waals surface area (Å²) in [6, 6.07) is 17.0. The normalized spacial score (nSPS) is 10.4. The molecule has 0 saturated carbocycles. The van der Waals surface area contributed by atoms with Crippen LogP contribution in [0.25, 0.3) is 11.4 Å². The molecule has 116 valence electrons. The number of nitrogen functional groups attached to an aromatic ring is 1. The van der Waals surface area contributed by atoms with Crippen molar-refractivity contribution in [1.29, 1.82) is 0 Å². The number of hydrogen-bond donors (Lipinski definition) is 3. The number of rotatable bonds is 5. The number of aromatic hydroxyl groups is 1. The van der Waals surface area contributed by atoms with Crippen LogP contribution in [0.15, 0.2) is 54.6 Å². The molecule has 0 saturated heterocycles. The summed E-state index contributed by atoms with van der Waals surface area (Å²) in [5.41, 5.74) is 7.49. The van der Waals surface area contributed by atoms with Crippen LogP contribution < -0.4 is 11.1 Å². The van der Waals surface area contributed by atoms with Crippen molar-refractivity contribution in [3.05, 3.63) is 60.2 Å². The monoisotopic (exact) mass is 307 g/mol. The molecule has 2 aromatic carbocycles. The van der Waals surface area contributed by atoms with E-state index in [1.807, 2.05) is 18.2 Å². The largest absolute Gasteiger partial charge is 0.507 e. The lowest BCUT2D eigenvalue weighted by atomic mass is 10.1. The number of nitrogens with one attached hydrogen (secondary N) is 1. The summed E-state index contributed by atoms with van der Waals surface area (Å²) >= 11 is 0. The van der Waals surface area contributed by atoms with Crippen LogP contribution in [0.3, 0.4) is 0 Å². The van der Waals surface area contributed by atoms with Gasteiger partial charge < -0.3 is 16.2 Å². The molecule has 23 heavy (non-hydrogen) atoms. The Balaban J connectivity index is 1.74. The van der Waals surface area contributed by atoms with E-state index in [0.717, 1.165) is 6.42 Å². The highest BCUT2D eigenvalue weighted by molar-refractivity contribution is 5.64. The molecular formula is C17H17N5O. The van der Waals surface area contributed by atoms with E-state index in [1.54, 1.807) is 24.3 Å². The maximum atomic E-state index is 9.91. The van der Waals surface area contributed by atoms with Gasteiger partial charge in [0.1, 0.15) is 5.75 Å². The molecule has 3 rings (SSSR count). The highest BCUT2D eigenvalue weighted by Gasteiger charge is 2.10. The first kappa shape index (κ1) is 14.8. The highest BCUT2D eigenvalue weighted by Crippen LogP contribution is 2.26. The number of benzene rings is 2. The van der Waals surface area contributed by atoms with Crippen molar-refractivity contribution in [2.24, 2.45) is 0 Å². The van der Waals surface area contributed by atoms with Crippen LogP contribution in [0, 0.1) is 0 Å². The minimum absolute atomic E-state index is 0.105. The fraction of sp³-hybridized carbons (Fsp3) is 0.118. The van der Waals surface area contributed by atoms with Gasteiger partial charge in [0.15, 0.2) is 5.82 Å². The number of anilines is 2. The Kier molecular flexibility index (Phi) is 4.33. The SMILES string of the molecule is Nc1nc(NCCc2ccccc2)nc(-c2ccccc2O)n1. The van der Waals surface area contributed by atoms with Gasteiger partial charge in [0.2, 0.25) is 11.9 Å². The third kappa shape index (κ3) is 3.74. The van der Waals surface area contributed by atoms with Crippen LogP contribution in [0.2, 0.25) is 0 Å². The molecule has 6 heteroatoms. The average Bonchev–Trinajstić information content (AvgIpc) is 2.56. The second kappa shape index (κ2) is 6.74. The number of hydrogen-bond acceptors (Lipinski definition) is 6. The summed E-state index contributed by atoms with van der Waals surface area (Å²) in [6.45, 7) is 0.674. The Morgan fingerprint density at radius 1 is 0.913 bits per heavy atom. The molecular weight excluding hydrogens is 290 g/mol. The van der Waals surface area contributed by atoms with Gasteiger partial charge in [-0.05, 0) is 24.1 Å². The first-order valence-corrected chi connectivity index (χ1v) is 7.30. The first-order chi connectivity index (χ1) is 11.2. The van der Waals surface area contributed by atoms with E-state index in [9.17, 15) is 5.11 Å². The lowest BCUT2D eigenvalue weighted by Crippen LogP contribution is -2.11. The molecule has 0 aliphatic carbocycles. The minimum Gasteiger partial charge on any atom is -0.507 e. The molecule has 0 radical (unpaired) electrons. The predicted octanol–water partition coefficient (Wildman–Crippen LogP) is 2.48. The maximum absolute atomic E-state index is 9.91. The van der Waals surface area contributed by atoms with Gasteiger partial charge in [0, 0.05) is 6.54 Å². The van der Waals surface area contributed by atoms with Gasteiger partial charge in [0.05, 0.1) is 5.56 Å². The topological polar surface area (TPSA) is 97.0 Å². The van der Waals surface area contributed by atoms with Crippen molar-refractivity contribution in [2.45, 2.75) is 6.42 Å². The average molecular weight is 307 g/mol. The van der Waals surface area contributed by atoms with E-state index in [4.69, 9.17) is 5.73 Å². The van der Waals surface area contributed by atoms with Gasteiger partial charge in [-0.1, -0.05) is 42.5 Å². The second-order valence-electron chi connectivity index (χ2n) is 5.02. The second-order valence-corrected chi connectivity index (χ2v) is 5.02. The standard InChI is InChI=1S/C17H17N5O/c18-16-20-15(13-8-4-5-9-14(13)23)21-17(22-16)19-11-10-12-6-2-1-3-7-12/h1-9,23H,10-11H2,(H3,18,19,20,21,22). The van der Waals surface area contributed by atoms with Crippen LogP contribution in [0.1, 0.15) is 5.56 Å². The number of nitrogens with zero attached hydrogens (tertiary/aromatic N) is 3. The Bertz CT molecular complexity index is 792. The van der Waals surface area contributed by atoms with E-state index in [1.165, 1.54) is 5.56 Å². The molecule has 3 aromatic rings. The predicted molar refractivity (Wildman–Crippen MR) is 90.0 cm³/mol. The summed E-state index contributed by atoms with van der Waals surface area (Å²) < 4.78 is 0. The third-order valence-corrected chi connectivity index (χ3v) is 3.34. The number of nitrogens with two attached hydrogens (primary N) is 1. The Morgan fingerprint density at radius 2 is 1.65 bits per heavy atom. The smallest absolute Gasteiger partial charge is 0.228 e. The van der Waals surface area contributed by atoms with Crippen molar-refractivity contribution >= 4 is 11.9 Å². The molecule has 0 aliphatic rings. The zero-order valence-corrected chi connectivity index (χ0v) is 12.5. The van der Waals surface area contributed by atoms with Crippen LogP contribution in [-0.4, -0.2) is 26.6 Å². The van der Waals surface area contributed by atoms with Gasteiger partial charge in [-0.25, -0.2) is 0 Å². The molecule has 4 N–H and O–H groups in total. The molecule has 0 atom stereocenters. The molecule has 0 fully saturated rings. The zero-order valence-electron chi connectivity index (χ0n) is 12.5. The van der Waals surface area contributed by atoms with E-state index in [-0.39, 0.29) is 11.7 Å². The number of phenols is 1. The van der Waals surface area contributed by atoms with E-state index in [2.05, 4.69) is 32.4 Å². The molecule has 6 nitrogen and oxygen atoms in total. The van der Waals surface area contributed by atoms with E-state index < -0.39 is 0 Å². The van der Waals surface area contributed by atoms with Crippen LogP contribution >= 0.6 is 0 Å². The van der Waals surface area contributed by atoms with Crippen molar-refractivity contribution in [1.82, 2.24) is 15.0 Å². The van der Waals surface area contributed by atoms with Crippen molar-refractivity contribution < 1.29 is 5.11 Å². The Hall–Kier alpha value is -3.15. The van der Waals surface area contributed by atoms with E-state index >= 15 is 0 Å². The van der Waals surface area contributed by atoms with Gasteiger partial charge >= 0.3 is 0 Å². The van der Waals surface area contributed by atoms with Crippen molar-refractivity contribution in [2.75, 3.05) is 17.6 Å². The molecule has 1 aromatic heterocycles. The van der Waals surface area contributed by atoms with Crippen molar-refractivity contribution in [3.8, 4) is 17.1 Å². The fourth-order valence-corrected chi connectivity index (χ4v) is 2.22. The van der Waals surface area contributed by atoms with Gasteiger partial charge in [0.25, 0.3) is 0 Å². The summed E-state index contributed by atoms with van der Waals surface area (Å²) in [4.78, 5) is 12.5. The van der Waals surface area contributed by atoms with Gasteiger partial charge in [-0.2, -0.15) is 15.0 Å². The lowest BCUT2D eigenvalue weighted by molar-refractivity contribution is 0.477.